The van der Waals surface area contributed by atoms with Gasteiger partial charge in [-0.1, -0.05) is 47.0 Å². The second-order valence-corrected chi connectivity index (χ2v) is 8.02. The van der Waals surface area contributed by atoms with Crippen molar-refractivity contribution >= 4 is 6.29 Å². The molecule has 0 aliphatic heterocycles. The lowest BCUT2D eigenvalue weighted by atomic mass is 9.77. The molecular weight excluding hydrogens is 315 g/mol. The third kappa shape index (κ3) is 5.29. The van der Waals surface area contributed by atoms with Gasteiger partial charge in [0.05, 0.1) is 12.2 Å². The van der Waals surface area contributed by atoms with Crippen molar-refractivity contribution in [2.24, 2.45) is 11.3 Å². The average molecular weight is 349 g/mol. The monoisotopic (exact) mass is 348 g/mol. The molecule has 0 heterocycles. The zero-order valence-corrected chi connectivity index (χ0v) is 16.2. The minimum atomic E-state index is -0.481. The molecule has 2 atom stereocenters. The van der Waals surface area contributed by atoms with E-state index in [-0.39, 0.29) is 11.0 Å². The fraction of sp³-hybridized carbons (Fsp3) is 0.682. The summed E-state index contributed by atoms with van der Waals surface area (Å²) in [6, 6.07) is 3.10. The molecule has 2 rings (SSSR count). The van der Waals surface area contributed by atoms with Gasteiger partial charge < -0.3 is 4.74 Å². The molecule has 0 aromatic heterocycles. The lowest BCUT2D eigenvalue weighted by molar-refractivity contribution is 0.111. The van der Waals surface area contributed by atoms with E-state index in [1.165, 1.54) is 25.3 Å². The molecule has 1 aromatic carbocycles. The van der Waals surface area contributed by atoms with Gasteiger partial charge in [0, 0.05) is 11.5 Å². The molecule has 0 saturated heterocycles. The summed E-state index contributed by atoms with van der Waals surface area (Å²) in [6.07, 6.45) is 8.63. The Kier molecular flexibility index (Phi) is 7.04. The number of hydrogen-bond donors (Lipinski definition) is 0. The maximum atomic E-state index is 14.1. The first-order valence-electron chi connectivity index (χ1n) is 9.87. The molecule has 0 radical (unpaired) electrons. The summed E-state index contributed by atoms with van der Waals surface area (Å²) in [5, 5.41) is 0. The Labute approximate surface area is 152 Å². The summed E-state index contributed by atoms with van der Waals surface area (Å²) in [5.41, 5.74) is 1.24. The molecule has 0 amide bonds. The molecule has 0 N–H and O–H groups in total. The lowest BCUT2D eigenvalue weighted by Crippen LogP contribution is -2.27. The predicted molar refractivity (Wildman–Crippen MR) is 101 cm³/mol. The molecule has 2 unspecified atom stereocenters. The second kappa shape index (κ2) is 8.82. The van der Waals surface area contributed by atoms with Crippen molar-refractivity contribution in [3.8, 4) is 5.75 Å². The van der Waals surface area contributed by atoms with Crippen molar-refractivity contribution in [3.05, 3.63) is 29.1 Å². The Morgan fingerprint density at radius 3 is 2.56 bits per heavy atom. The molecular formula is C22H33FO2. The first-order valence-corrected chi connectivity index (χ1v) is 9.87. The van der Waals surface area contributed by atoms with Gasteiger partial charge in [-0.2, -0.15) is 0 Å². The van der Waals surface area contributed by atoms with E-state index in [1.807, 2.05) is 0 Å². The van der Waals surface area contributed by atoms with Gasteiger partial charge in [0.1, 0.15) is 11.6 Å². The van der Waals surface area contributed by atoms with Gasteiger partial charge in [0.25, 0.3) is 0 Å². The average Bonchev–Trinajstić information content (AvgIpc) is 3.44. The van der Waals surface area contributed by atoms with Crippen molar-refractivity contribution in [1.29, 1.82) is 0 Å². The molecule has 1 saturated carbocycles. The van der Waals surface area contributed by atoms with Crippen LogP contribution in [-0.2, 0) is 0 Å². The number of aldehydes is 1. The van der Waals surface area contributed by atoms with E-state index < -0.39 is 5.82 Å². The molecule has 140 valence electrons. The third-order valence-electron chi connectivity index (χ3n) is 5.76. The minimum absolute atomic E-state index is 0.0937. The molecule has 1 aromatic rings. The summed E-state index contributed by atoms with van der Waals surface area (Å²) in [4.78, 5) is 11.0. The van der Waals surface area contributed by atoms with E-state index in [1.54, 1.807) is 6.07 Å². The number of carbonyl (C=O) groups is 1. The summed E-state index contributed by atoms with van der Waals surface area (Å²) < 4.78 is 20.2. The lowest BCUT2D eigenvalue weighted by Gasteiger charge is -2.32. The Morgan fingerprint density at radius 1 is 1.32 bits per heavy atom. The highest BCUT2D eigenvalue weighted by atomic mass is 19.1. The van der Waals surface area contributed by atoms with E-state index in [0.717, 1.165) is 37.2 Å². The van der Waals surface area contributed by atoms with Crippen LogP contribution in [0.4, 0.5) is 4.39 Å². The fourth-order valence-corrected chi connectivity index (χ4v) is 3.63. The van der Waals surface area contributed by atoms with E-state index in [4.69, 9.17) is 4.74 Å². The number of ether oxygens (including phenoxy) is 1. The SMILES string of the molecule is CCCC(CC)CC(C)(CC)COc1cc(F)c(C=O)cc1C1CC1. The van der Waals surface area contributed by atoms with Crippen LogP contribution in [0.2, 0.25) is 0 Å². The minimum Gasteiger partial charge on any atom is -0.493 e. The highest BCUT2D eigenvalue weighted by Crippen LogP contribution is 2.45. The van der Waals surface area contributed by atoms with Crippen molar-refractivity contribution in [3.63, 3.8) is 0 Å². The van der Waals surface area contributed by atoms with Gasteiger partial charge in [0.2, 0.25) is 0 Å². The first-order chi connectivity index (χ1) is 12.0. The second-order valence-electron chi connectivity index (χ2n) is 8.02. The Bertz CT molecular complexity index is 580. The standard InChI is InChI=1S/C22H33FO2/c1-5-8-16(6-2)13-22(4,7-3)15-25-21-12-20(23)18(14-24)11-19(21)17-9-10-17/h11-12,14,16-17H,5-10,13,15H2,1-4H3. The van der Waals surface area contributed by atoms with Gasteiger partial charge >= 0.3 is 0 Å². The van der Waals surface area contributed by atoms with Crippen LogP contribution in [0.1, 0.15) is 94.5 Å². The van der Waals surface area contributed by atoms with Crippen molar-refractivity contribution in [2.75, 3.05) is 6.61 Å². The van der Waals surface area contributed by atoms with Crippen LogP contribution in [0.15, 0.2) is 12.1 Å². The molecule has 0 bridgehead atoms. The number of hydrogen-bond acceptors (Lipinski definition) is 2. The van der Waals surface area contributed by atoms with E-state index in [2.05, 4.69) is 27.7 Å². The summed E-state index contributed by atoms with van der Waals surface area (Å²) in [6.45, 7) is 9.58. The zero-order chi connectivity index (χ0) is 18.4. The maximum Gasteiger partial charge on any atom is 0.153 e. The maximum absolute atomic E-state index is 14.1. The third-order valence-corrected chi connectivity index (χ3v) is 5.76. The number of benzene rings is 1. The Morgan fingerprint density at radius 2 is 2.04 bits per heavy atom. The quantitative estimate of drug-likeness (QED) is 0.425. The first kappa shape index (κ1) is 19.9. The Hall–Kier alpha value is -1.38. The van der Waals surface area contributed by atoms with Crippen LogP contribution in [0, 0.1) is 17.2 Å². The normalized spacial score (nSPS) is 17.8. The van der Waals surface area contributed by atoms with Crippen molar-refractivity contribution in [1.82, 2.24) is 0 Å². The number of halogens is 1. The zero-order valence-electron chi connectivity index (χ0n) is 16.2. The van der Waals surface area contributed by atoms with Crippen LogP contribution in [0.3, 0.4) is 0 Å². The number of rotatable bonds is 11. The van der Waals surface area contributed by atoms with Crippen LogP contribution in [0.5, 0.6) is 5.75 Å². The van der Waals surface area contributed by atoms with Gasteiger partial charge in [0.15, 0.2) is 6.29 Å². The van der Waals surface area contributed by atoms with Gasteiger partial charge in [-0.25, -0.2) is 4.39 Å². The smallest absolute Gasteiger partial charge is 0.153 e. The van der Waals surface area contributed by atoms with E-state index in [0.29, 0.717) is 24.6 Å². The summed E-state index contributed by atoms with van der Waals surface area (Å²) in [7, 11) is 0. The summed E-state index contributed by atoms with van der Waals surface area (Å²) in [5.74, 6) is 1.29. The molecule has 1 fully saturated rings. The molecule has 3 heteroatoms. The van der Waals surface area contributed by atoms with Gasteiger partial charge in [-0.05, 0) is 49.1 Å². The highest BCUT2D eigenvalue weighted by molar-refractivity contribution is 5.76. The van der Waals surface area contributed by atoms with Crippen LogP contribution in [0.25, 0.3) is 0 Å². The largest absolute Gasteiger partial charge is 0.493 e. The molecule has 25 heavy (non-hydrogen) atoms. The van der Waals surface area contributed by atoms with Crippen LogP contribution < -0.4 is 4.74 Å². The molecule has 1 aliphatic carbocycles. The van der Waals surface area contributed by atoms with Gasteiger partial charge in [-0.15, -0.1) is 0 Å². The molecule has 1 aliphatic rings. The van der Waals surface area contributed by atoms with Crippen LogP contribution in [-0.4, -0.2) is 12.9 Å². The Balaban J connectivity index is 2.12. The van der Waals surface area contributed by atoms with E-state index >= 15 is 0 Å². The van der Waals surface area contributed by atoms with Crippen molar-refractivity contribution in [2.45, 2.75) is 78.6 Å². The topological polar surface area (TPSA) is 26.3 Å². The fourth-order valence-electron chi connectivity index (χ4n) is 3.63. The van der Waals surface area contributed by atoms with E-state index in [9.17, 15) is 9.18 Å². The predicted octanol–water partition coefficient (Wildman–Crippen LogP) is 6.53. The van der Waals surface area contributed by atoms with Gasteiger partial charge in [-0.3, -0.25) is 4.79 Å². The van der Waals surface area contributed by atoms with Crippen LogP contribution >= 0.6 is 0 Å². The van der Waals surface area contributed by atoms with Crippen molar-refractivity contribution < 1.29 is 13.9 Å². The molecule has 2 nitrogen and oxygen atoms in total. The number of carbonyl (C=O) groups excluding carboxylic acids is 1. The molecule has 0 spiro atoms. The highest BCUT2D eigenvalue weighted by Gasteiger charge is 2.31. The summed E-state index contributed by atoms with van der Waals surface area (Å²) >= 11 is 0.